The Bertz CT molecular complexity index is 328. The zero-order valence-corrected chi connectivity index (χ0v) is 10.1. The zero-order chi connectivity index (χ0) is 11.4. The fourth-order valence-corrected chi connectivity index (χ4v) is 5.49. The van der Waals surface area contributed by atoms with Crippen LogP contribution >= 0.6 is 11.6 Å². The Hall–Kier alpha value is -0.280. The minimum atomic E-state index is -0.136. The van der Waals surface area contributed by atoms with Gasteiger partial charge in [-0.2, -0.15) is 0 Å². The van der Waals surface area contributed by atoms with E-state index in [0.717, 1.165) is 32.1 Å². The van der Waals surface area contributed by atoms with Crippen molar-refractivity contribution in [2.75, 3.05) is 6.61 Å². The van der Waals surface area contributed by atoms with Crippen LogP contribution in [0.3, 0.4) is 0 Å². The van der Waals surface area contributed by atoms with Crippen LogP contribution in [-0.2, 0) is 0 Å². The van der Waals surface area contributed by atoms with Crippen molar-refractivity contribution in [3.05, 3.63) is 0 Å². The molecule has 16 heavy (non-hydrogen) atoms. The third-order valence-electron chi connectivity index (χ3n) is 4.87. The van der Waals surface area contributed by atoms with Crippen molar-refractivity contribution in [2.24, 2.45) is 22.4 Å². The van der Waals surface area contributed by atoms with Gasteiger partial charge in [0, 0.05) is 10.3 Å². The minimum absolute atomic E-state index is 0.0881. The Morgan fingerprint density at radius 1 is 1.25 bits per heavy atom. The van der Waals surface area contributed by atoms with E-state index in [1.807, 2.05) is 0 Å². The van der Waals surface area contributed by atoms with Gasteiger partial charge in [-0.25, -0.2) is 0 Å². The highest BCUT2D eigenvalue weighted by Crippen LogP contribution is 2.64. The van der Waals surface area contributed by atoms with Gasteiger partial charge in [0.25, 0.3) is 0 Å². The van der Waals surface area contributed by atoms with Gasteiger partial charge in [-0.1, -0.05) is 5.16 Å². The quantitative estimate of drug-likeness (QED) is 0.339. The molecular formula is C12H18ClNO2. The molecule has 0 radical (unpaired) electrons. The van der Waals surface area contributed by atoms with Crippen LogP contribution in [0.2, 0.25) is 0 Å². The molecule has 0 aromatic heterocycles. The fraction of sp³-hybridized carbons (Fsp3) is 0.917. The molecule has 0 aliphatic heterocycles. The number of rotatable bonds is 2. The van der Waals surface area contributed by atoms with Crippen molar-refractivity contribution in [1.29, 1.82) is 0 Å². The summed E-state index contributed by atoms with van der Waals surface area (Å²) in [7, 11) is 0. The number of nitrogens with zero attached hydrogens (tertiary/aromatic N) is 1. The Kier molecular flexibility index (Phi) is 2.28. The average molecular weight is 244 g/mol. The molecule has 2 atom stereocenters. The fourth-order valence-electron chi connectivity index (χ4n) is 4.79. The normalized spacial score (nSPS) is 51.0. The van der Waals surface area contributed by atoms with Crippen LogP contribution in [0.15, 0.2) is 5.16 Å². The summed E-state index contributed by atoms with van der Waals surface area (Å²) in [6.45, 7) is -0.136. The second kappa shape index (κ2) is 3.36. The average Bonchev–Trinajstić information content (AvgIpc) is 2.14. The van der Waals surface area contributed by atoms with Gasteiger partial charge in [-0.05, 0) is 50.4 Å². The van der Waals surface area contributed by atoms with Gasteiger partial charge in [0.15, 0.2) is 0 Å². The van der Waals surface area contributed by atoms with Crippen LogP contribution < -0.4 is 0 Å². The van der Waals surface area contributed by atoms with E-state index in [9.17, 15) is 5.11 Å². The molecule has 0 saturated heterocycles. The third kappa shape index (κ3) is 1.41. The lowest BCUT2D eigenvalue weighted by Crippen LogP contribution is -2.56. The molecule has 4 fully saturated rings. The Morgan fingerprint density at radius 3 is 2.31 bits per heavy atom. The number of halogens is 1. The maximum Gasteiger partial charge on any atom is 0.0886 e. The number of hydrogen-bond acceptors (Lipinski definition) is 3. The van der Waals surface area contributed by atoms with Crippen molar-refractivity contribution in [3.63, 3.8) is 0 Å². The molecule has 0 heterocycles. The van der Waals surface area contributed by atoms with E-state index in [4.69, 9.17) is 16.8 Å². The van der Waals surface area contributed by atoms with E-state index in [2.05, 4.69) is 5.16 Å². The first-order valence-corrected chi connectivity index (χ1v) is 6.48. The molecule has 4 saturated carbocycles. The second-order valence-corrected chi connectivity index (χ2v) is 6.90. The van der Waals surface area contributed by atoms with Crippen molar-refractivity contribution in [3.8, 4) is 0 Å². The van der Waals surface area contributed by atoms with Gasteiger partial charge in [0.1, 0.15) is 0 Å². The van der Waals surface area contributed by atoms with Gasteiger partial charge < -0.3 is 10.3 Å². The number of alkyl halides is 1. The van der Waals surface area contributed by atoms with Gasteiger partial charge in [0.2, 0.25) is 0 Å². The molecule has 0 aromatic rings. The molecule has 0 aromatic carbocycles. The van der Waals surface area contributed by atoms with Crippen molar-refractivity contribution in [2.45, 2.75) is 43.4 Å². The second-order valence-electron chi connectivity index (χ2n) is 6.10. The first kappa shape index (κ1) is 10.8. The lowest BCUT2D eigenvalue weighted by Gasteiger charge is -2.59. The van der Waals surface area contributed by atoms with Crippen LogP contribution in [0.1, 0.15) is 38.5 Å². The summed E-state index contributed by atoms with van der Waals surface area (Å²) < 4.78 is 0. The van der Waals surface area contributed by atoms with Crippen LogP contribution in [0, 0.1) is 17.3 Å². The number of oxime groups is 1. The maximum absolute atomic E-state index is 9.34. The lowest BCUT2D eigenvalue weighted by atomic mass is 9.48. The Morgan fingerprint density at radius 2 is 1.88 bits per heavy atom. The highest BCUT2D eigenvalue weighted by Gasteiger charge is 2.58. The Balaban J connectivity index is 1.97. The summed E-state index contributed by atoms with van der Waals surface area (Å²) >= 11 is 6.66. The molecule has 4 aliphatic carbocycles. The molecule has 2 N–H and O–H groups in total. The Labute approximate surface area is 100 Å². The van der Waals surface area contributed by atoms with E-state index in [1.165, 1.54) is 6.42 Å². The van der Waals surface area contributed by atoms with Gasteiger partial charge in [-0.15, -0.1) is 11.6 Å². The van der Waals surface area contributed by atoms with Crippen LogP contribution in [0.5, 0.6) is 0 Å². The summed E-state index contributed by atoms with van der Waals surface area (Å²) in [5.41, 5.74) is 0.460. The van der Waals surface area contributed by atoms with Crippen LogP contribution in [-0.4, -0.2) is 27.5 Å². The van der Waals surface area contributed by atoms with Crippen molar-refractivity contribution >= 4 is 17.3 Å². The summed E-state index contributed by atoms with van der Waals surface area (Å²) in [4.78, 5) is -0.0881. The summed E-state index contributed by atoms with van der Waals surface area (Å²) in [5.74, 6) is 1.34. The molecule has 4 bridgehead atoms. The third-order valence-corrected chi connectivity index (χ3v) is 5.31. The van der Waals surface area contributed by atoms with Crippen molar-refractivity contribution < 1.29 is 10.3 Å². The zero-order valence-electron chi connectivity index (χ0n) is 9.32. The smallest absolute Gasteiger partial charge is 0.0886 e. The molecule has 4 aliphatic rings. The molecular weight excluding hydrogens is 226 g/mol. The van der Waals surface area contributed by atoms with Crippen LogP contribution in [0.25, 0.3) is 0 Å². The monoisotopic (exact) mass is 243 g/mol. The maximum atomic E-state index is 9.34. The lowest BCUT2D eigenvalue weighted by molar-refractivity contribution is -0.00240. The standard InChI is InChI=1S/C12H18ClNO2/c13-12-4-8-1-9(5-12)3-11(2-8,7-12)10(6-15)14-16/h8-9,15-16H,1-7H2/b14-10+. The predicted octanol–water partition coefficient (Wildman–Crippen LogP) is 2.39. The number of hydrogen-bond donors (Lipinski definition) is 2. The van der Waals surface area contributed by atoms with E-state index >= 15 is 0 Å². The molecule has 3 nitrogen and oxygen atoms in total. The van der Waals surface area contributed by atoms with Gasteiger partial charge in [0.05, 0.1) is 12.3 Å². The van der Waals surface area contributed by atoms with Crippen LogP contribution in [0.4, 0.5) is 0 Å². The topological polar surface area (TPSA) is 52.8 Å². The molecule has 0 amide bonds. The number of aliphatic hydroxyl groups excluding tert-OH is 1. The predicted molar refractivity (Wildman–Crippen MR) is 62.0 cm³/mol. The van der Waals surface area contributed by atoms with Gasteiger partial charge >= 0.3 is 0 Å². The summed E-state index contributed by atoms with van der Waals surface area (Å²) in [5, 5.41) is 21.7. The highest BCUT2D eigenvalue weighted by atomic mass is 35.5. The van der Waals surface area contributed by atoms with E-state index in [0.29, 0.717) is 17.5 Å². The molecule has 90 valence electrons. The first-order chi connectivity index (χ1) is 7.59. The number of aliphatic hydroxyl groups is 1. The SMILES string of the molecule is OC/C(=N\O)C12CC3CC(CC(Cl)(C3)C1)C2. The molecule has 2 unspecified atom stereocenters. The minimum Gasteiger partial charge on any atom is -0.411 e. The summed E-state index contributed by atoms with van der Waals surface area (Å²) in [6, 6.07) is 0. The van der Waals surface area contributed by atoms with E-state index < -0.39 is 0 Å². The van der Waals surface area contributed by atoms with E-state index in [1.54, 1.807) is 0 Å². The van der Waals surface area contributed by atoms with Crippen molar-refractivity contribution in [1.82, 2.24) is 0 Å². The summed E-state index contributed by atoms with van der Waals surface area (Å²) in [6.07, 6.45) is 6.48. The molecule has 4 rings (SSSR count). The van der Waals surface area contributed by atoms with Gasteiger partial charge in [-0.3, -0.25) is 0 Å². The van der Waals surface area contributed by atoms with E-state index in [-0.39, 0.29) is 16.9 Å². The first-order valence-electron chi connectivity index (χ1n) is 6.10. The molecule has 4 heteroatoms. The molecule has 0 spiro atoms. The highest BCUT2D eigenvalue weighted by molar-refractivity contribution is 6.24. The largest absolute Gasteiger partial charge is 0.411 e.